The Bertz CT molecular complexity index is 440. The zero-order valence-electron chi connectivity index (χ0n) is 14.5. The standard InChI is InChI=1S/C17H32N4O/c1-4-10-21-15(3)18-19-17(21)13-20(11-12-22)14(2)16-8-6-5-7-9-16/h14,16,22H,4-13H2,1-3H3/t14-/m0/s1. The average molecular weight is 308 g/mol. The molecule has 1 aliphatic carbocycles. The minimum Gasteiger partial charge on any atom is -0.395 e. The summed E-state index contributed by atoms with van der Waals surface area (Å²) in [5.74, 6) is 2.78. The van der Waals surface area contributed by atoms with Gasteiger partial charge in [0.25, 0.3) is 0 Å². The van der Waals surface area contributed by atoms with Crippen molar-refractivity contribution in [3.63, 3.8) is 0 Å². The predicted octanol–water partition coefficient (Wildman–Crippen LogP) is 2.76. The van der Waals surface area contributed by atoms with Gasteiger partial charge in [0, 0.05) is 19.1 Å². The van der Waals surface area contributed by atoms with Gasteiger partial charge < -0.3 is 9.67 Å². The highest BCUT2D eigenvalue weighted by molar-refractivity contribution is 4.95. The summed E-state index contributed by atoms with van der Waals surface area (Å²) in [7, 11) is 0. The van der Waals surface area contributed by atoms with E-state index in [1.54, 1.807) is 0 Å². The molecular weight excluding hydrogens is 276 g/mol. The van der Waals surface area contributed by atoms with E-state index < -0.39 is 0 Å². The van der Waals surface area contributed by atoms with Gasteiger partial charge in [0.1, 0.15) is 11.6 Å². The van der Waals surface area contributed by atoms with Crippen LogP contribution in [0.2, 0.25) is 0 Å². The molecule has 1 N–H and O–H groups in total. The molecule has 1 saturated carbocycles. The maximum atomic E-state index is 9.46. The van der Waals surface area contributed by atoms with Crippen molar-refractivity contribution in [2.75, 3.05) is 13.2 Å². The lowest BCUT2D eigenvalue weighted by Gasteiger charge is -2.36. The number of nitrogens with zero attached hydrogens (tertiary/aromatic N) is 4. The summed E-state index contributed by atoms with van der Waals surface area (Å²) in [4.78, 5) is 2.39. The first kappa shape index (κ1) is 17.4. The number of aromatic nitrogens is 3. The summed E-state index contributed by atoms with van der Waals surface area (Å²) in [5.41, 5.74) is 0. The van der Waals surface area contributed by atoms with Gasteiger partial charge in [-0.1, -0.05) is 26.2 Å². The molecule has 2 rings (SSSR count). The van der Waals surface area contributed by atoms with E-state index in [2.05, 4.69) is 33.5 Å². The van der Waals surface area contributed by atoms with Crippen molar-refractivity contribution in [3.8, 4) is 0 Å². The Hall–Kier alpha value is -0.940. The van der Waals surface area contributed by atoms with Crippen LogP contribution >= 0.6 is 0 Å². The van der Waals surface area contributed by atoms with Crippen LogP contribution < -0.4 is 0 Å². The highest BCUT2D eigenvalue weighted by atomic mass is 16.3. The Morgan fingerprint density at radius 2 is 2.00 bits per heavy atom. The monoisotopic (exact) mass is 308 g/mol. The van der Waals surface area contributed by atoms with Gasteiger partial charge in [0.15, 0.2) is 0 Å². The van der Waals surface area contributed by atoms with E-state index in [9.17, 15) is 5.11 Å². The molecule has 1 atom stereocenters. The maximum absolute atomic E-state index is 9.46. The van der Waals surface area contributed by atoms with Gasteiger partial charge >= 0.3 is 0 Å². The van der Waals surface area contributed by atoms with E-state index >= 15 is 0 Å². The van der Waals surface area contributed by atoms with Crippen LogP contribution in [0.25, 0.3) is 0 Å². The third kappa shape index (κ3) is 4.29. The highest BCUT2D eigenvalue weighted by Gasteiger charge is 2.26. The number of hydrogen-bond acceptors (Lipinski definition) is 4. The van der Waals surface area contributed by atoms with Gasteiger partial charge in [-0.05, 0) is 39.0 Å². The number of rotatable bonds is 8. The summed E-state index contributed by atoms with van der Waals surface area (Å²) >= 11 is 0. The lowest BCUT2D eigenvalue weighted by Crippen LogP contribution is -2.41. The van der Waals surface area contributed by atoms with Gasteiger partial charge in [-0.25, -0.2) is 0 Å². The van der Waals surface area contributed by atoms with Gasteiger partial charge in [-0.2, -0.15) is 0 Å². The summed E-state index contributed by atoms with van der Waals surface area (Å²) in [5, 5.41) is 18.1. The molecule has 1 heterocycles. The molecule has 1 fully saturated rings. The molecule has 5 heteroatoms. The fourth-order valence-corrected chi connectivity index (χ4v) is 3.71. The third-order valence-electron chi connectivity index (χ3n) is 5.10. The van der Waals surface area contributed by atoms with Crippen LogP contribution in [0.15, 0.2) is 0 Å². The smallest absolute Gasteiger partial charge is 0.147 e. The van der Waals surface area contributed by atoms with Crippen LogP contribution in [0.3, 0.4) is 0 Å². The summed E-state index contributed by atoms with van der Waals surface area (Å²) in [6.45, 7) is 9.21. The van der Waals surface area contributed by atoms with Crippen molar-refractivity contribution in [1.29, 1.82) is 0 Å². The lowest BCUT2D eigenvalue weighted by molar-refractivity contribution is 0.0952. The molecule has 1 aromatic heterocycles. The van der Waals surface area contributed by atoms with Crippen LogP contribution in [-0.4, -0.2) is 44.0 Å². The largest absolute Gasteiger partial charge is 0.395 e. The summed E-state index contributed by atoms with van der Waals surface area (Å²) in [6.07, 6.45) is 7.82. The molecule has 1 aromatic rings. The van der Waals surface area contributed by atoms with Crippen LogP contribution in [0.1, 0.15) is 64.0 Å². The molecule has 1 aliphatic rings. The molecule has 5 nitrogen and oxygen atoms in total. The molecule has 0 aliphatic heterocycles. The quantitative estimate of drug-likeness (QED) is 0.802. The molecule has 0 aromatic carbocycles. The Morgan fingerprint density at radius 3 is 2.64 bits per heavy atom. The van der Waals surface area contributed by atoms with Gasteiger partial charge in [-0.15, -0.1) is 10.2 Å². The average Bonchev–Trinajstić information content (AvgIpc) is 2.88. The number of aliphatic hydroxyl groups excluding tert-OH is 1. The van der Waals surface area contributed by atoms with Gasteiger partial charge in [0.2, 0.25) is 0 Å². The Kier molecular flexibility index (Phi) is 6.83. The fourth-order valence-electron chi connectivity index (χ4n) is 3.71. The van der Waals surface area contributed by atoms with Crippen LogP contribution in [0.5, 0.6) is 0 Å². The molecular formula is C17H32N4O. The van der Waals surface area contributed by atoms with Gasteiger partial charge in [0.05, 0.1) is 13.2 Å². The molecule has 0 amide bonds. The molecule has 22 heavy (non-hydrogen) atoms. The minimum absolute atomic E-state index is 0.206. The first-order chi connectivity index (χ1) is 10.7. The number of aliphatic hydroxyl groups is 1. The van der Waals surface area contributed by atoms with Crippen molar-refractivity contribution < 1.29 is 5.11 Å². The number of aryl methyl sites for hydroxylation is 1. The first-order valence-electron chi connectivity index (χ1n) is 8.91. The van der Waals surface area contributed by atoms with Gasteiger partial charge in [-0.3, -0.25) is 4.90 Å². The second kappa shape index (κ2) is 8.63. The van der Waals surface area contributed by atoms with E-state index in [1.807, 2.05) is 6.92 Å². The van der Waals surface area contributed by atoms with Crippen LogP contribution in [-0.2, 0) is 13.1 Å². The lowest BCUT2D eigenvalue weighted by atomic mass is 9.84. The SMILES string of the molecule is CCCn1c(C)nnc1CN(CCO)[C@@H](C)C1CCCCC1. The topological polar surface area (TPSA) is 54.2 Å². The zero-order valence-corrected chi connectivity index (χ0v) is 14.5. The fraction of sp³-hybridized carbons (Fsp3) is 0.882. The van der Waals surface area contributed by atoms with E-state index in [0.717, 1.165) is 43.6 Å². The zero-order chi connectivity index (χ0) is 15.9. The van der Waals surface area contributed by atoms with Crippen molar-refractivity contribution in [2.45, 2.75) is 78.4 Å². The minimum atomic E-state index is 0.206. The third-order valence-corrected chi connectivity index (χ3v) is 5.10. The Balaban J connectivity index is 2.07. The normalized spacial score (nSPS) is 18.0. The molecule has 0 bridgehead atoms. The molecule has 0 radical (unpaired) electrons. The first-order valence-corrected chi connectivity index (χ1v) is 8.91. The van der Waals surface area contributed by atoms with Crippen molar-refractivity contribution >= 4 is 0 Å². The second-order valence-electron chi connectivity index (χ2n) is 6.65. The molecule has 0 saturated heterocycles. The molecule has 0 spiro atoms. The molecule has 126 valence electrons. The number of hydrogen-bond donors (Lipinski definition) is 1. The Morgan fingerprint density at radius 1 is 1.27 bits per heavy atom. The van der Waals surface area contributed by atoms with Crippen molar-refractivity contribution in [2.24, 2.45) is 5.92 Å². The Labute approximate surface area is 134 Å². The van der Waals surface area contributed by atoms with Crippen LogP contribution in [0.4, 0.5) is 0 Å². The van der Waals surface area contributed by atoms with E-state index in [1.165, 1.54) is 32.1 Å². The van der Waals surface area contributed by atoms with Crippen molar-refractivity contribution in [1.82, 2.24) is 19.7 Å². The van der Waals surface area contributed by atoms with E-state index in [-0.39, 0.29) is 6.61 Å². The summed E-state index contributed by atoms with van der Waals surface area (Å²) in [6, 6.07) is 0.500. The molecule has 0 unspecified atom stereocenters. The maximum Gasteiger partial charge on any atom is 0.147 e. The second-order valence-corrected chi connectivity index (χ2v) is 6.65. The van der Waals surface area contributed by atoms with E-state index in [0.29, 0.717) is 6.04 Å². The summed E-state index contributed by atoms with van der Waals surface area (Å²) < 4.78 is 2.22. The van der Waals surface area contributed by atoms with Crippen LogP contribution in [0, 0.1) is 12.8 Å². The highest BCUT2D eigenvalue weighted by Crippen LogP contribution is 2.29. The van der Waals surface area contributed by atoms with Crippen molar-refractivity contribution in [3.05, 3.63) is 11.6 Å². The van der Waals surface area contributed by atoms with E-state index in [4.69, 9.17) is 0 Å². The predicted molar refractivity (Wildman–Crippen MR) is 88.6 cm³/mol.